The van der Waals surface area contributed by atoms with Crippen LogP contribution in [0.15, 0.2) is 35.1 Å². The van der Waals surface area contributed by atoms with E-state index in [0.717, 1.165) is 22.7 Å². The van der Waals surface area contributed by atoms with Crippen LogP contribution >= 0.6 is 11.3 Å². The lowest BCUT2D eigenvalue weighted by molar-refractivity contribution is -0.652. The smallest absolute Gasteiger partial charge is 0.418 e. The van der Waals surface area contributed by atoms with Crippen LogP contribution in [-0.2, 0) is 61.6 Å². The van der Waals surface area contributed by atoms with Gasteiger partial charge in [0.2, 0.25) is 0 Å². The number of esters is 1. The number of β-lactam (4-membered cyclic amide) rings is 1. The van der Waals surface area contributed by atoms with Gasteiger partial charge in [-0.3, -0.25) is 19.5 Å². The van der Waals surface area contributed by atoms with Crippen molar-refractivity contribution in [2.24, 2.45) is 18.1 Å². The second-order valence-electron chi connectivity index (χ2n) is 18.5. The van der Waals surface area contributed by atoms with Gasteiger partial charge in [0.1, 0.15) is 53.2 Å². The number of thiazole rings is 1. The normalized spacial score (nSPS) is 17.6. The van der Waals surface area contributed by atoms with Crippen LogP contribution in [-0.4, -0.2) is 122 Å². The number of imidazole rings is 1. The molecule has 0 aromatic carbocycles. The van der Waals surface area contributed by atoms with Gasteiger partial charge in [-0.1, -0.05) is 5.16 Å². The first-order valence-electron chi connectivity index (χ1n) is 19.7. The van der Waals surface area contributed by atoms with Crippen LogP contribution in [0.5, 0.6) is 5.75 Å². The number of likely N-dealkylation sites (tertiary alicyclic amines) is 1. The van der Waals surface area contributed by atoms with E-state index in [9.17, 15) is 32.4 Å². The summed E-state index contributed by atoms with van der Waals surface area (Å²) in [6.07, 6.45) is 1.60. The van der Waals surface area contributed by atoms with Crippen LogP contribution in [0.1, 0.15) is 87.5 Å². The molecule has 3 aromatic rings. The van der Waals surface area contributed by atoms with Crippen molar-refractivity contribution in [3.8, 4) is 5.75 Å². The summed E-state index contributed by atoms with van der Waals surface area (Å²) in [5.41, 5.74) is -2.77. The summed E-state index contributed by atoms with van der Waals surface area (Å²) >= 11 is 0.895. The van der Waals surface area contributed by atoms with E-state index in [1.165, 1.54) is 19.2 Å². The third-order valence-corrected chi connectivity index (χ3v) is 10.2. The van der Waals surface area contributed by atoms with Crippen molar-refractivity contribution in [2.45, 2.75) is 117 Å². The highest BCUT2D eigenvalue weighted by Gasteiger charge is 2.58. The molecule has 24 heteroatoms. The predicted molar refractivity (Wildman–Crippen MR) is 224 cm³/mol. The zero-order chi connectivity index (χ0) is 47.0. The third-order valence-electron chi connectivity index (χ3n) is 9.13. The molecule has 0 saturated carbocycles. The fourth-order valence-electron chi connectivity index (χ4n) is 6.27. The van der Waals surface area contributed by atoms with E-state index in [1.54, 1.807) is 58.7 Å². The number of anilines is 1. The molecule has 0 radical (unpaired) electrons. The van der Waals surface area contributed by atoms with Gasteiger partial charge in [0, 0.05) is 36.9 Å². The maximum absolute atomic E-state index is 13.9. The predicted octanol–water partition coefficient (Wildman–Crippen LogP) is 3.33. The molecule has 0 aliphatic carbocycles. The summed E-state index contributed by atoms with van der Waals surface area (Å²) in [5, 5.41) is 10.6. The Balaban J connectivity index is 1.36. The van der Waals surface area contributed by atoms with Gasteiger partial charge in [-0.15, -0.1) is 15.6 Å². The number of oxime groups is 1. The summed E-state index contributed by atoms with van der Waals surface area (Å²) < 4.78 is 62.5. The van der Waals surface area contributed by atoms with Crippen LogP contribution in [0.2, 0.25) is 0 Å². The number of hydrogen-bond donors (Lipinski definition) is 3. The van der Waals surface area contributed by atoms with E-state index in [-0.39, 0.29) is 22.8 Å². The van der Waals surface area contributed by atoms with E-state index in [1.807, 2.05) is 49.0 Å². The fourth-order valence-corrected chi connectivity index (χ4v) is 7.40. The van der Waals surface area contributed by atoms with Crippen molar-refractivity contribution in [1.82, 2.24) is 24.7 Å². The van der Waals surface area contributed by atoms with E-state index in [4.69, 9.17) is 28.3 Å². The molecule has 4 amide bonds. The van der Waals surface area contributed by atoms with Gasteiger partial charge in [0.05, 0.1) is 12.6 Å². The zero-order valence-corrected chi connectivity index (χ0v) is 38.8. The molecule has 2 aliphatic heterocycles. The Hall–Kier alpha value is -5.59. The highest BCUT2D eigenvalue weighted by molar-refractivity contribution is 7.80. The molecule has 2 atom stereocenters. The molecule has 0 spiro atoms. The standard InChI is InChI=1S/C39H54N8O14S2/c1-36(2,3)57-32(50)26(20-56-24-13-14-27-44(12)23(18-45(27)19-24)15-22-16-46(17-22)35(52)59-38(7,8)9)60-43-28(25-21-62-33(40-25)42-34(51)58-37(4,5)6)30(48)41-29-31(49)47(39(29,10)11)61-63(53,54)55/h13-14,18-19,21-22,26,29H,15-17,20H2,1-12H3,(H2-,40,41,42,48,51,53,54,55)/p+1/b43-28-. The molecule has 2 saturated heterocycles. The summed E-state index contributed by atoms with van der Waals surface area (Å²) in [6.45, 7) is 18.8. The molecule has 2 fully saturated rings. The molecule has 2 aliphatic rings. The number of hydrogen-bond acceptors (Lipinski definition) is 16. The molecule has 3 aromatic heterocycles. The minimum absolute atomic E-state index is 0.00743. The van der Waals surface area contributed by atoms with Crippen molar-refractivity contribution in [2.75, 3.05) is 25.0 Å². The Morgan fingerprint density at radius 3 is 2.22 bits per heavy atom. The molecule has 5 rings (SSSR count). The van der Waals surface area contributed by atoms with Gasteiger partial charge in [-0.05, 0) is 82.2 Å². The number of rotatable bonds is 14. The topological polar surface area (TPSA) is 259 Å². The highest BCUT2D eigenvalue weighted by Crippen LogP contribution is 2.33. The number of fused-ring (bicyclic) bond motifs is 1. The molecule has 3 N–H and O–H groups in total. The van der Waals surface area contributed by atoms with E-state index >= 15 is 0 Å². The molecular weight excluding hydrogens is 869 g/mol. The monoisotopic (exact) mass is 923 g/mol. The number of ether oxygens (including phenoxy) is 4. The average Bonchev–Trinajstić information content (AvgIpc) is 3.68. The second-order valence-corrected chi connectivity index (χ2v) is 20.4. The summed E-state index contributed by atoms with van der Waals surface area (Å²) in [6, 6.07) is 2.13. The van der Waals surface area contributed by atoms with Crippen molar-refractivity contribution in [3.05, 3.63) is 41.3 Å². The van der Waals surface area contributed by atoms with Gasteiger partial charge < -0.3 is 34.0 Å². The van der Waals surface area contributed by atoms with Crippen molar-refractivity contribution < 1.29 is 69.6 Å². The van der Waals surface area contributed by atoms with Crippen molar-refractivity contribution in [1.29, 1.82) is 0 Å². The summed E-state index contributed by atoms with van der Waals surface area (Å²) in [4.78, 5) is 76.9. The first-order chi connectivity index (χ1) is 28.9. The molecule has 5 heterocycles. The van der Waals surface area contributed by atoms with E-state index in [2.05, 4.69) is 25.1 Å². The Labute approximate surface area is 368 Å². The van der Waals surface area contributed by atoms with Gasteiger partial charge in [0.15, 0.2) is 16.6 Å². The first kappa shape index (κ1) is 48.4. The lowest BCUT2D eigenvalue weighted by Crippen LogP contribution is -2.76. The zero-order valence-electron chi connectivity index (χ0n) is 37.2. The minimum atomic E-state index is -5.08. The van der Waals surface area contributed by atoms with Crippen molar-refractivity contribution >= 4 is 68.2 Å². The Morgan fingerprint density at radius 2 is 1.63 bits per heavy atom. The maximum atomic E-state index is 13.9. The first-order valence-corrected chi connectivity index (χ1v) is 22.0. The van der Waals surface area contributed by atoms with Gasteiger partial charge >= 0.3 is 28.6 Å². The SMILES string of the molecule is C[n+]1c(CC2CN(C(=O)OC(C)(C)C)C2)cn2cc(OCC(O/N=C(\C(=O)NC3C(=O)N(OS(=O)(=O)O)C3(C)C)c3csc(NC(=O)OC(C)(C)C)n3)C(=O)OC(C)(C)C)ccc21. The molecule has 346 valence electrons. The summed E-state index contributed by atoms with van der Waals surface area (Å²) in [7, 11) is -3.16. The van der Waals surface area contributed by atoms with E-state index in [0.29, 0.717) is 30.3 Å². The Morgan fingerprint density at radius 1 is 1.00 bits per heavy atom. The largest absolute Gasteiger partial charge is 0.485 e. The number of aromatic nitrogens is 3. The fraction of sp³-hybridized carbons (Fsp3) is 0.590. The minimum Gasteiger partial charge on any atom is -0.485 e. The second kappa shape index (κ2) is 17.9. The lowest BCUT2D eigenvalue weighted by atomic mass is 9.84. The number of aryl methyl sites for hydroxylation is 1. The number of carbonyl (C=O) groups is 5. The number of hydroxylamine groups is 2. The van der Waals surface area contributed by atoms with Crippen LogP contribution in [0.4, 0.5) is 14.7 Å². The molecule has 2 unspecified atom stereocenters. The Kier molecular flexibility index (Phi) is 13.8. The van der Waals surface area contributed by atoms with Crippen molar-refractivity contribution in [3.63, 3.8) is 0 Å². The molecule has 0 bridgehead atoms. The Bertz CT molecular complexity index is 2390. The van der Waals surface area contributed by atoms with Gasteiger partial charge in [-0.2, -0.15) is 17.9 Å². The average molecular weight is 924 g/mol. The number of nitrogens with one attached hydrogen (secondary N) is 2. The van der Waals surface area contributed by atoms with Crippen LogP contribution in [0.25, 0.3) is 5.65 Å². The number of pyridine rings is 1. The maximum Gasteiger partial charge on any atom is 0.418 e. The summed E-state index contributed by atoms with van der Waals surface area (Å²) in [5.74, 6) is -2.41. The number of carbonyl (C=O) groups excluding carboxylic acids is 5. The van der Waals surface area contributed by atoms with Crippen LogP contribution < -0.4 is 19.9 Å². The van der Waals surface area contributed by atoms with Gasteiger partial charge in [0.25, 0.3) is 23.6 Å². The third kappa shape index (κ3) is 12.8. The van der Waals surface area contributed by atoms with Crippen LogP contribution in [0.3, 0.4) is 0 Å². The molecule has 22 nitrogen and oxygen atoms in total. The van der Waals surface area contributed by atoms with E-state index < -0.39 is 81.1 Å². The number of nitrogens with zero attached hydrogens (tertiary/aromatic N) is 6. The highest BCUT2D eigenvalue weighted by atomic mass is 32.3. The van der Waals surface area contributed by atoms with Crippen LogP contribution in [0, 0.1) is 5.92 Å². The van der Waals surface area contributed by atoms with Gasteiger partial charge in [-0.25, -0.2) is 23.9 Å². The molecular formula is C39H55N8O14S2+. The molecule has 63 heavy (non-hydrogen) atoms. The lowest BCUT2D eigenvalue weighted by Gasteiger charge is -2.50. The number of amides is 4. The quantitative estimate of drug-likeness (QED) is 0.0399.